The molecule has 0 aliphatic carbocycles. The van der Waals surface area contributed by atoms with Crippen LogP contribution in [0, 0.1) is 0 Å². The number of hydrogen-bond donors (Lipinski definition) is 0. The molecule has 5 rings (SSSR count). The minimum Gasteiger partial charge on any atom is -0.488 e. The molecule has 0 unspecified atom stereocenters. The molecule has 0 atom stereocenters. The molecule has 1 heterocycles. The first kappa shape index (κ1) is 26.5. The van der Waals surface area contributed by atoms with Gasteiger partial charge >= 0.3 is 0 Å². The Kier molecular flexibility index (Phi) is 8.59. The summed E-state index contributed by atoms with van der Waals surface area (Å²) in [5.41, 5.74) is 6.52. The van der Waals surface area contributed by atoms with Crippen LogP contribution in [0.1, 0.15) is 35.0 Å². The van der Waals surface area contributed by atoms with E-state index in [0.717, 1.165) is 69.9 Å². The molecule has 0 N–H and O–H groups in total. The smallest absolute Gasteiger partial charge is 0.157 e. The van der Waals surface area contributed by atoms with Crippen molar-refractivity contribution < 1.29 is 14.3 Å². The van der Waals surface area contributed by atoms with Crippen LogP contribution in [0.5, 0.6) is 11.5 Å². The van der Waals surface area contributed by atoms with Crippen molar-refractivity contribution in [3.05, 3.63) is 124 Å². The fourth-order valence-corrected chi connectivity index (χ4v) is 5.03. The number of carbonyl (C=O) groups is 1. The molecule has 0 aliphatic heterocycles. The van der Waals surface area contributed by atoms with Gasteiger partial charge in [0.05, 0.1) is 17.6 Å². The number of nitrogens with zero attached hydrogens (tertiary/aromatic N) is 2. The average molecular weight is 539 g/mol. The Bertz CT molecular complexity index is 1560. The maximum absolute atomic E-state index is 10.6. The third kappa shape index (κ3) is 6.32. The van der Waals surface area contributed by atoms with E-state index in [0.29, 0.717) is 18.9 Å². The normalized spacial score (nSPS) is 11.0. The van der Waals surface area contributed by atoms with Gasteiger partial charge in [-0.05, 0) is 59.9 Å². The fraction of sp³-hybridized carbons (Fsp3) is 0.212. The van der Waals surface area contributed by atoms with E-state index in [-0.39, 0.29) is 6.61 Å². The van der Waals surface area contributed by atoms with E-state index in [4.69, 9.17) is 26.1 Å². The van der Waals surface area contributed by atoms with Gasteiger partial charge in [-0.25, -0.2) is 4.98 Å². The maximum atomic E-state index is 10.6. The van der Waals surface area contributed by atoms with Crippen LogP contribution >= 0.6 is 11.6 Å². The Balaban J connectivity index is 1.41. The SMILES string of the molecule is CCc1cccc(Cn2c(CCc3ccccc3Cl)nc3ccccc32)c1OCc1ccc(OCC=O)cc1. The Morgan fingerprint density at radius 3 is 2.36 bits per heavy atom. The van der Waals surface area contributed by atoms with E-state index in [1.165, 1.54) is 5.56 Å². The van der Waals surface area contributed by atoms with Gasteiger partial charge in [0.25, 0.3) is 0 Å². The second-order valence-electron chi connectivity index (χ2n) is 9.36. The molecule has 5 aromatic rings. The lowest BCUT2D eigenvalue weighted by Crippen LogP contribution is -2.09. The van der Waals surface area contributed by atoms with E-state index in [1.807, 2.05) is 48.5 Å². The van der Waals surface area contributed by atoms with Gasteiger partial charge in [-0.1, -0.05) is 79.2 Å². The fourth-order valence-electron chi connectivity index (χ4n) is 4.80. The third-order valence-electron chi connectivity index (χ3n) is 6.82. The van der Waals surface area contributed by atoms with Crippen molar-refractivity contribution in [1.82, 2.24) is 9.55 Å². The number of aldehydes is 1. The molecule has 0 bridgehead atoms. The predicted octanol–water partition coefficient (Wildman–Crippen LogP) is 7.24. The molecule has 0 fully saturated rings. The number of hydrogen-bond acceptors (Lipinski definition) is 4. The lowest BCUT2D eigenvalue weighted by atomic mass is 10.1. The van der Waals surface area contributed by atoms with Gasteiger partial charge in [-0.3, -0.25) is 4.79 Å². The Hall–Kier alpha value is -4.09. The topological polar surface area (TPSA) is 53.4 Å². The van der Waals surface area contributed by atoms with Gasteiger partial charge in [-0.2, -0.15) is 0 Å². The summed E-state index contributed by atoms with van der Waals surface area (Å²) >= 11 is 6.44. The second-order valence-corrected chi connectivity index (χ2v) is 9.77. The number of ether oxygens (including phenoxy) is 2. The number of fused-ring (bicyclic) bond motifs is 1. The highest BCUT2D eigenvalue weighted by Crippen LogP contribution is 2.29. The number of imidazole rings is 1. The summed E-state index contributed by atoms with van der Waals surface area (Å²) < 4.78 is 14.1. The first-order valence-corrected chi connectivity index (χ1v) is 13.6. The number of halogens is 1. The van der Waals surface area contributed by atoms with E-state index >= 15 is 0 Å². The molecule has 1 aromatic heterocycles. The Morgan fingerprint density at radius 2 is 1.56 bits per heavy atom. The zero-order chi connectivity index (χ0) is 27.0. The van der Waals surface area contributed by atoms with E-state index in [9.17, 15) is 4.79 Å². The lowest BCUT2D eigenvalue weighted by molar-refractivity contribution is -0.109. The Labute approximate surface area is 234 Å². The highest BCUT2D eigenvalue weighted by Gasteiger charge is 2.16. The summed E-state index contributed by atoms with van der Waals surface area (Å²) in [7, 11) is 0. The van der Waals surface area contributed by atoms with E-state index in [2.05, 4.69) is 54.0 Å². The molecular formula is C33H31ClN2O3. The monoisotopic (exact) mass is 538 g/mol. The van der Waals surface area contributed by atoms with Crippen molar-refractivity contribution >= 4 is 28.9 Å². The maximum Gasteiger partial charge on any atom is 0.157 e. The van der Waals surface area contributed by atoms with E-state index < -0.39 is 0 Å². The van der Waals surface area contributed by atoms with Gasteiger partial charge in [0, 0.05) is 17.0 Å². The largest absolute Gasteiger partial charge is 0.488 e. The molecule has 0 saturated carbocycles. The van der Waals surface area contributed by atoms with Crippen LogP contribution in [0.25, 0.3) is 11.0 Å². The zero-order valence-corrected chi connectivity index (χ0v) is 22.7. The van der Waals surface area contributed by atoms with Crippen molar-refractivity contribution in [2.75, 3.05) is 6.61 Å². The predicted molar refractivity (Wildman–Crippen MR) is 156 cm³/mol. The number of rotatable bonds is 12. The summed E-state index contributed by atoms with van der Waals surface area (Å²) in [6.07, 6.45) is 3.20. The van der Waals surface area contributed by atoms with Crippen molar-refractivity contribution in [2.24, 2.45) is 0 Å². The van der Waals surface area contributed by atoms with Gasteiger partial charge in [0.2, 0.25) is 0 Å². The second kappa shape index (κ2) is 12.6. The lowest BCUT2D eigenvalue weighted by Gasteiger charge is -2.18. The molecule has 5 nitrogen and oxygen atoms in total. The van der Waals surface area contributed by atoms with Crippen LogP contribution in [0.4, 0.5) is 0 Å². The number of benzene rings is 4. The number of aryl methyl sites for hydroxylation is 3. The third-order valence-corrected chi connectivity index (χ3v) is 7.19. The molecule has 198 valence electrons. The van der Waals surface area contributed by atoms with Crippen molar-refractivity contribution in [2.45, 2.75) is 39.3 Å². The number of para-hydroxylation sites is 3. The first-order valence-electron chi connectivity index (χ1n) is 13.2. The number of aromatic nitrogens is 2. The van der Waals surface area contributed by atoms with E-state index in [1.54, 1.807) is 0 Å². The zero-order valence-electron chi connectivity index (χ0n) is 22.0. The number of carbonyl (C=O) groups excluding carboxylic acids is 1. The van der Waals surface area contributed by atoms with Crippen LogP contribution < -0.4 is 9.47 Å². The van der Waals surface area contributed by atoms with Crippen LogP contribution in [-0.4, -0.2) is 22.4 Å². The molecule has 0 saturated heterocycles. The summed E-state index contributed by atoms with van der Waals surface area (Å²) in [5, 5.41) is 0.787. The van der Waals surface area contributed by atoms with Gasteiger partial charge in [0.1, 0.15) is 30.5 Å². The minimum absolute atomic E-state index is 0.0480. The standard InChI is InChI=1S/C33H31ClN2O3/c1-2-25-9-7-10-27(33(25)39-23-24-14-17-28(18-15-24)38-21-20-37)22-36-31-13-6-5-12-30(31)35-32(36)19-16-26-8-3-4-11-29(26)34/h3-15,17-18,20H,2,16,19,21-23H2,1H3. The summed E-state index contributed by atoms with van der Waals surface area (Å²) in [5.74, 6) is 2.60. The molecule has 0 spiro atoms. The van der Waals surface area contributed by atoms with Gasteiger partial charge in [-0.15, -0.1) is 0 Å². The van der Waals surface area contributed by atoms with Crippen LogP contribution in [0.3, 0.4) is 0 Å². The van der Waals surface area contributed by atoms with Crippen LogP contribution in [-0.2, 0) is 37.2 Å². The quantitative estimate of drug-likeness (QED) is 0.157. The molecule has 6 heteroatoms. The first-order chi connectivity index (χ1) is 19.2. The molecule has 39 heavy (non-hydrogen) atoms. The van der Waals surface area contributed by atoms with Gasteiger partial charge < -0.3 is 14.0 Å². The highest BCUT2D eigenvalue weighted by atomic mass is 35.5. The molecule has 0 radical (unpaired) electrons. The molecule has 4 aromatic carbocycles. The minimum atomic E-state index is 0.0480. The summed E-state index contributed by atoms with van der Waals surface area (Å²) in [6.45, 7) is 3.28. The van der Waals surface area contributed by atoms with Crippen molar-refractivity contribution in [3.8, 4) is 11.5 Å². The molecule has 0 aliphatic rings. The molecule has 0 amide bonds. The molecular weight excluding hydrogens is 508 g/mol. The van der Waals surface area contributed by atoms with Gasteiger partial charge in [0.15, 0.2) is 6.29 Å². The van der Waals surface area contributed by atoms with Crippen LogP contribution in [0.15, 0.2) is 91.0 Å². The average Bonchev–Trinajstić information content (AvgIpc) is 3.32. The van der Waals surface area contributed by atoms with Crippen LogP contribution in [0.2, 0.25) is 5.02 Å². The van der Waals surface area contributed by atoms with Crippen molar-refractivity contribution in [3.63, 3.8) is 0 Å². The summed E-state index contributed by atoms with van der Waals surface area (Å²) in [4.78, 5) is 15.6. The Morgan fingerprint density at radius 1 is 0.821 bits per heavy atom. The van der Waals surface area contributed by atoms with Crippen molar-refractivity contribution in [1.29, 1.82) is 0 Å². The summed E-state index contributed by atoms with van der Waals surface area (Å²) in [6, 6.07) is 30.3. The highest BCUT2D eigenvalue weighted by molar-refractivity contribution is 6.31.